The highest BCUT2D eigenvalue weighted by molar-refractivity contribution is 5.76. The Morgan fingerprint density at radius 3 is 2.69 bits per heavy atom. The van der Waals surface area contributed by atoms with Gasteiger partial charge < -0.3 is 10.1 Å². The molecule has 1 aliphatic rings. The van der Waals surface area contributed by atoms with Crippen molar-refractivity contribution in [3.8, 4) is 0 Å². The number of cyclic esters (lactones) is 1. The SMILES string of the molecule is CC1CCOC(=O)CC/C=C/CCC(=O)N1. The summed E-state index contributed by atoms with van der Waals surface area (Å²) in [5, 5.41) is 2.87. The summed E-state index contributed by atoms with van der Waals surface area (Å²) in [7, 11) is 0. The van der Waals surface area contributed by atoms with Gasteiger partial charge in [0.2, 0.25) is 5.91 Å². The van der Waals surface area contributed by atoms with E-state index in [0.29, 0.717) is 32.3 Å². The maximum Gasteiger partial charge on any atom is 0.306 e. The number of esters is 1. The second-order valence-electron chi connectivity index (χ2n) is 4.03. The standard InChI is InChI=1S/C12H19NO3/c1-10-8-9-16-12(15)7-5-3-2-4-6-11(14)13-10/h2-3,10H,4-9H2,1H3,(H,13,14)/b3-2+. The van der Waals surface area contributed by atoms with Crippen LogP contribution in [0.4, 0.5) is 0 Å². The van der Waals surface area contributed by atoms with Crippen molar-refractivity contribution in [2.75, 3.05) is 6.61 Å². The summed E-state index contributed by atoms with van der Waals surface area (Å²) in [5.74, 6) is -0.106. The van der Waals surface area contributed by atoms with E-state index >= 15 is 0 Å². The van der Waals surface area contributed by atoms with Gasteiger partial charge in [-0.15, -0.1) is 0 Å². The second-order valence-corrected chi connectivity index (χ2v) is 4.03. The van der Waals surface area contributed by atoms with Crippen LogP contribution in [-0.4, -0.2) is 24.5 Å². The molecule has 1 aliphatic heterocycles. The van der Waals surface area contributed by atoms with Crippen LogP contribution in [0.15, 0.2) is 12.2 Å². The number of hydrogen-bond donors (Lipinski definition) is 1. The number of ether oxygens (including phenoxy) is 1. The van der Waals surface area contributed by atoms with Crippen LogP contribution in [-0.2, 0) is 14.3 Å². The summed E-state index contributed by atoms with van der Waals surface area (Å²) in [6.45, 7) is 2.30. The Hall–Kier alpha value is -1.32. The third-order valence-electron chi connectivity index (χ3n) is 2.44. The highest BCUT2D eigenvalue weighted by atomic mass is 16.5. The molecule has 0 aromatic carbocycles. The first-order valence-electron chi connectivity index (χ1n) is 5.78. The van der Waals surface area contributed by atoms with Crippen LogP contribution in [0.25, 0.3) is 0 Å². The van der Waals surface area contributed by atoms with E-state index in [9.17, 15) is 9.59 Å². The summed E-state index contributed by atoms with van der Waals surface area (Å²) >= 11 is 0. The molecule has 0 saturated heterocycles. The van der Waals surface area contributed by atoms with E-state index in [0.717, 1.165) is 6.42 Å². The highest BCUT2D eigenvalue weighted by Gasteiger charge is 2.08. The zero-order chi connectivity index (χ0) is 11.8. The number of nitrogens with one attached hydrogen (secondary N) is 1. The van der Waals surface area contributed by atoms with E-state index in [2.05, 4.69) is 5.32 Å². The molecule has 4 heteroatoms. The Labute approximate surface area is 96.0 Å². The Kier molecular flexibility index (Phi) is 5.61. The van der Waals surface area contributed by atoms with Gasteiger partial charge in [-0.2, -0.15) is 0 Å². The summed E-state index contributed by atoms with van der Waals surface area (Å²) < 4.78 is 5.04. The van der Waals surface area contributed by atoms with Gasteiger partial charge in [0.15, 0.2) is 0 Å². The lowest BCUT2D eigenvalue weighted by Gasteiger charge is -2.13. The van der Waals surface area contributed by atoms with Crippen molar-refractivity contribution in [3.05, 3.63) is 12.2 Å². The number of carbonyl (C=O) groups excluding carboxylic acids is 2. The van der Waals surface area contributed by atoms with Crippen LogP contribution < -0.4 is 5.32 Å². The van der Waals surface area contributed by atoms with Crippen LogP contribution in [0.1, 0.15) is 39.0 Å². The molecule has 0 bridgehead atoms. The van der Waals surface area contributed by atoms with Gasteiger partial charge in [0.25, 0.3) is 0 Å². The number of rotatable bonds is 0. The van der Waals surface area contributed by atoms with Gasteiger partial charge in [-0.25, -0.2) is 0 Å². The molecule has 0 spiro atoms. The van der Waals surface area contributed by atoms with Crippen LogP contribution in [0.5, 0.6) is 0 Å². The van der Waals surface area contributed by atoms with Gasteiger partial charge in [0.1, 0.15) is 0 Å². The molecule has 1 heterocycles. The molecule has 4 nitrogen and oxygen atoms in total. The van der Waals surface area contributed by atoms with Crippen LogP contribution in [0, 0.1) is 0 Å². The lowest BCUT2D eigenvalue weighted by molar-refractivity contribution is -0.143. The lowest BCUT2D eigenvalue weighted by atomic mass is 10.2. The van der Waals surface area contributed by atoms with Crippen molar-refractivity contribution in [1.82, 2.24) is 5.32 Å². The first kappa shape index (κ1) is 12.7. The van der Waals surface area contributed by atoms with E-state index in [-0.39, 0.29) is 17.9 Å². The molecular formula is C12H19NO3. The molecule has 0 aromatic rings. The molecule has 0 aliphatic carbocycles. The summed E-state index contributed by atoms with van der Waals surface area (Å²) in [5.41, 5.74) is 0. The molecule has 0 aromatic heterocycles. The number of carbonyl (C=O) groups is 2. The van der Waals surface area contributed by atoms with Crippen molar-refractivity contribution >= 4 is 11.9 Å². The predicted octanol–water partition coefficient (Wildman–Crippen LogP) is 1.55. The molecule has 1 amide bonds. The van der Waals surface area contributed by atoms with E-state index in [4.69, 9.17) is 4.74 Å². The average molecular weight is 225 g/mol. The minimum Gasteiger partial charge on any atom is -0.466 e. The minimum atomic E-state index is -0.164. The van der Waals surface area contributed by atoms with Crippen molar-refractivity contribution < 1.29 is 14.3 Å². The van der Waals surface area contributed by atoms with E-state index in [1.807, 2.05) is 19.1 Å². The maximum absolute atomic E-state index is 11.4. The second kappa shape index (κ2) is 7.04. The molecule has 1 N–H and O–H groups in total. The fourth-order valence-electron chi connectivity index (χ4n) is 1.49. The molecular weight excluding hydrogens is 206 g/mol. The van der Waals surface area contributed by atoms with Crippen LogP contribution in [0.2, 0.25) is 0 Å². The average Bonchev–Trinajstić information content (AvgIpc) is 2.23. The topological polar surface area (TPSA) is 55.4 Å². The molecule has 0 radical (unpaired) electrons. The van der Waals surface area contributed by atoms with Gasteiger partial charge in [0, 0.05) is 25.3 Å². The molecule has 16 heavy (non-hydrogen) atoms. The number of allylic oxidation sites excluding steroid dienone is 2. The quantitative estimate of drug-likeness (QED) is 0.502. The Morgan fingerprint density at radius 2 is 1.94 bits per heavy atom. The first-order valence-corrected chi connectivity index (χ1v) is 5.78. The van der Waals surface area contributed by atoms with Gasteiger partial charge >= 0.3 is 5.97 Å². The smallest absolute Gasteiger partial charge is 0.306 e. The van der Waals surface area contributed by atoms with Gasteiger partial charge in [0.05, 0.1) is 6.61 Å². The predicted molar refractivity (Wildman–Crippen MR) is 60.8 cm³/mol. The summed E-state index contributed by atoms with van der Waals surface area (Å²) in [4.78, 5) is 22.6. The van der Waals surface area contributed by atoms with E-state index in [1.165, 1.54) is 0 Å². The van der Waals surface area contributed by atoms with Crippen molar-refractivity contribution in [1.29, 1.82) is 0 Å². The monoisotopic (exact) mass is 225 g/mol. The fourth-order valence-corrected chi connectivity index (χ4v) is 1.49. The van der Waals surface area contributed by atoms with E-state index < -0.39 is 0 Å². The molecule has 0 saturated carbocycles. The maximum atomic E-state index is 11.4. The Bertz CT molecular complexity index is 273. The summed E-state index contributed by atoms with van der Waals surface area (Å²) in [6, 6.07) is 0.0602. The normalized spacial score (nSPS) is 26.7. The molecule has 0 fully saturated rings. The van der Waals surface area contributed by atoms with Crippen LogP contribution >= 0.6 is 0 Å². The molecule has 90 valence electrons. The van der Waals surface area contributed by atoms with E-state index in [1.54, 1.807) is 0 Å². The number of hydrogen-bond acceptors (Lipinski definition) is 3. The van der Waals surface area contributed by atoms with Crippen molar-refractivity contribution in [2.45, 2.75) is 45.1 Å². The minimum absolute atomic E-state index is 0.0581. The summed E-state index contributed by atoms with van der Waals surface area (Å²) in [6.07, 6.45) is 6.89. The Balaban J connectivity index is 2.44. The number of amides is 1. The van der Waals surface area contributed by atoms with Crippen molar-refractivity contribution in [3.63, 3.8) is 0 Å². The highest BCUT2D eigenvalue weighted by Crippen LogP contribution is 2.02. The zero-order valence-corrected chi connectivity index (χ0v) is 9.70. The fraction of sp³-hybridized carbons (Fsp3) is 0.667. The first-order chi connectivity index (χ1) is 7.68. The largest absolute Gasteiger partial charge is 0.466 e. The van der Waals surface area contributed by atoms with Crippen LogP contribution in [0.3, 0.4) is 0 Å². The lowest BCUT2D eigenvalue weighted by Crippen LogP contribution is -2.33. The van der Waals surface area contributed by atoms with Gasteiger partial charge in [-0.3, -0.25) is 9.59 Å². The van der Waals surface area contributed by atoms with Gasteiger partial charge in [-0.1, -0.05) is 12.2 Å². The zero-order valence-electron chi connectivity index (χ0n) is 9.70. The molecule has 1 atom stereocenters. The third-order valence-corrected chi connectivity index (χ3v) is 2.44. The van der Waals surface area contributed by atoms with Crippen molar-refractivity contribution in [2.24, 2.45) is 0 Å². The Morgan fingerprint density at radius 1 is 1.25 bits per heavy atom. The molecule has 1 unspecified atom stereocenters. The molecule has 1 rings (SSSR count). The third kappa shape index (κ3) is 5.53. The van der Waals surface area contributed by atoms with Gasteiger partial charge in [-0.05, 0) is 19.8 Å².